The summed E-state index contributed by atoms with van der Waals surface area (Å²) in [5.41, 5.74) is 12.0. The molecule has 184 valence electrons. The van der Waals surface area contributed by atoms with Crippen molar-refractivity contribution in [3.8, 4) is 0 Å². The Morgan fingerprint density at radius 2 is 2.14 bits per heavy atom. The van der Waals surface area contributed by atoms with Crippen LogP contribution in [0.3, 0.4) is 0 Å². The number of rotatable bonds is 9. The quantitative estimate of drug-likeness (QED) is 0.120. The van der Waals surface area contributed by atoms with Gasteiger partial charge in [0, 0.05) is 27.5 Å². The molecule has 1 fully saturated rings. The van der Waals surface area contributed by atoms with Gasteiger partial charge in [-0.25, -0.2) is 9.97 Å². The van der Waals surface area contributed by atoms with Gasteiger partial charge in [0.2, 0.25) is 0 Å². The molecule has 36 heavy (non-hydrogen) atoms. The number of fused-ring (bicyclic) bond motifs is 1. The van der Waals surface area contributed by atoms with E-state index in [9.17, 15) is 19.5 Å². The van der Waals surface area contributed by atoms with Crippen molar-refractivity contribution in [2.75, 3.05) is 30.1 Å². The standard InChI is InChI=1S/C20H21N7O5S3.Na/c1-32-26-13(10-7-35-20(22)24-10)16(28)25-14-17(29)27-15(19(30)31)11(8-34-18(14)27)33-6-5-9-3-2-4-12(21)23-9;/h2-4,7,14,18H,5-6,8H2,1H3,(H2,21,23)(H2,22,24)(H,25,28)(H,30,31);/q;+1/p-1/b26-13-;/t14-,18-;/m1./s1. The molecule has 0 saturated carbocycles. The normalized spacial score (nSPS) is 19.2. The van der Waals surface area contributed by atoms with Crippen molar-refractivity contribution in [1.82, 2.24) is 20.2 Å². The second kappa shape index (κ2) is 12.3. The molecule has 2 aromatic heterocycles. The first-order valence-corrected chi connectivity index (χ1v) is 13.1. The molecule has 4 rings (SSSR count). The fourth-order valence-corrected chi connectivity index (χ4v) is 6.66. The Balaban J connectivity index is 0.00000361. The molecule has 0 spiro atoms. The Labute approximate surface area is 240 Å². The van der Waals surface area contributed by atoms with Gasteiger partial charge < -0.3 is 31.5 Å². The third-order valence-electron chi connectivity index (χ3n) is 5.04. The Hall–Kier alpha value is -2.30. The number of anilines is 2. The van der Waals surface area contributed by atoms with E-state index in [0.717, 1.165) is 21.9 Å². The number of hydrogen-bond donors (Lipinski definition) is 3. The van der Waals surface area contributed by atoms with E-state index in [1.54, 1.807) is 12.1 Å². The molecule has 12 nitrogen and oxygen atoms in total. The third kappa shape index (κ3) is 5.98. The summed E-state index contributed by atoms with van der Waals surface area (Å²) in [5.74, 6) is -1.39. The topological polar surface area (TPSA) is 189 Å². The average molecular weight is 558 g/mol. The maximum absolute atomic E-state index is 12.9. The number of thiazole rings is 1. The van der Waals surface area contributed by atoms with Crippen LogP contribution in [0.2, 0.25) is 0 Å². The fourth-order valence-electron chi connectivity index (χ4n) is 3.51. The minimum atomic E-state index is -1.45. The number of hydrogen-bond acceptors (Lipinski definition) is 13. The van der Waals surface area contributed by atoms with Crippen LogP contribution < -0.4 is 51.4 Å². The van der Waals surface area contributed by atoms with E-state index in [4.69, 9.17) is 16.3 Å². The Morgan fingerprint density at radius 3 is 2.78 bits per heavy atom. The number of pyridine rings is 1. The summed E-state index contributed by atoms with van der Waals surface area (Å²) in [6, 6.07) is 4.38. The molecule has 0 aliphatic carbocycles. The number of aromatic nitrogens is 2. The van der Waals surface area contributed by atoms with Crippen molar-refractivity contribution in [2.45, 2.75) is 17.8 Å². The van der Waals surface area contributed by atoms with E-state index >= 15 is 0 Å². The van der Waals surface area contributed by atoms with Gasteiger partial charge in [0.05, 0.1) is 11.7 Å². The van der Waals surface area contributed by atoms with E-state index < -0.39 is 29.2 Å². The van der Waals surface area contributed by atoms with Crippen molar-refractivity contribution in [1.29, 1.82) is 0 Å². The average Bonchev–Trinajstić information content (AvgIpc) is 3.26. The van der Waals surface area contributed by atoms with Crippen LogP contribution in [-0.2, 0) is 25.6 Å². The minimum absolute atomic E-state index is 0. The van der Waals surface area contributed by atoms with Gasteiger partial charge in [0.15, 0.2) is 10.8 Å². The Bertz CT molecular complexity index is 1240. The van der Waals surface area contributed by atoms with Crippen LogP contribution >= 0.6 is 34.9 Å². The number of carbonyl (C=O) groups excluding carboxylic acids is 3. The van der Waals surface area contributed by atoms with Crippen LogP contribution in [0.4, 0.5) is 10.9 Å². The molecule has 1 saturated heterocycles. The fraction of sp³-hybridized carbons (Fsp3) is 0.300. The Kier molecular flexibility index (Phi) is 9.66. The van der Waals surface area contributed by atoms with Crippen molar-refractivity contribution >= 4 is 69.3 Å². The van der Waals surface area contributed by atoms with Gasteiger partial charge in [-0.1, -0.05) is 11.2 Å². The first kappa shape index (κ1) is 28.3. The SMILES string of the molecule is CO/N=C(\C(=O)N[C@@H]1C(=O)N2C(C(=O)[O-])=C(SCCc3cccc(N)n3)CS[C@H]12)c1csc(N)n1.[Na+]. The third-order valence-corrected chi connectivity index (χ3v) is 8.27. The molecule has 4 heterocycles. The number of aryl methyl sites for hydroxylation is 1. The molecule has 0 aromatic carbocycles. The number of aliphatic carboxylic acids is 1. The summed E-state index contributed by atoms with van der Waals surface area (Å²) in [6.45, 7) is 0. The largest absolute Gasteiger partial charge is 1.00 e. The van der Waals surface area contributed by atoms with Crippen molar-refractivity contribution in [3.05, 3.63) is 45.6 Å². The van der Waals surface area contributed by atoms with Crippen LogP contribution in [0, 0.1) is 0 Å². The number of thioether (sulfide) groups is 2. The Morgan fingerprint density at radius 1 is 1.36 bits per heavy atom. The predicted octanol–water partition coefficient (Wildman–Crippen LogP) is -3.61. The summed E-state index contributed by atoms with van der Waals surface area (Å²) < 4.78 is 0. The van der Waals surface area contributed by atoms with Crippen LogP contribution in [0.25, 0.3) is 0 Å². The van der Waals surface area contributed by atoms with E-state index in [1.807, 2.05) is 6.07 Å². The van der Waals surface area contributed by atoms with Gasteiger partial charge in [-0.15, -0.1) is 34.9 Å². The van der Waals surface area contributed by atoms with Crippen molar-refractivity contribution in [2.24, 2.45) is 5.16 Å². The maximum Gasteiger partial charge on any atom is 1.00 e. The maximum atomic E-state index is 12.9. The summed E-state index contributed by atoms with van der Waals surface area (Å²) in [5, 5.41) is 19.4. The summed E-state index contributed by atoms with van der Waals surface area (Å²) in [6.07, 6.45) is 0.572. The molecule has 0 bridgehead atoms. The zero-order chi connectivity index (χ0) is 25.1. The first-order valence-electron chi connectivity index (χ1n) is 10.2. The number of β-lactam (4-membered cyclic amide) rings is 1. The molecule has 2 aromatic rings. The molecular weight excluding hydrogens is 537 g/mol. The van der Waals surface area contributed by atoms with Gasteiger partial charge in [0.1, 0.15) is 30.0 Å². The first-order chi connectivity index (χ1) is 16.8. The zero-order valence-corrected chi connectivity index (χ0v) is 23.7. The van der Waals surface area contributed by atoms with Crippen LogP contribution in [-0.4, -0.2) is 68.4 Å². The summed E-state index contributed by atoms with van der Waals surface area (Å²) in [7, 11) is 1.27. The molecule has 16 heteroatoms. The molecule has 5 N–H and O–H groups in total. The summed E-state index contributed by atoms with van der Waals surface area (Å²) >= 11 is 3.80. The zero-order valence-electron chi connectivity index (χ0n) is 19.3. The van der Waals surface area contributed by atoms with Crippen molar-refractivity contribution in [3.63, 3.8) is 0 Å². The smallest absolute Gasteiger partial charge is 0.543 e. The molecule has 2 amide bonds. The number of nitrogens with two attached hydrogens (primary N) is 2. The number of nitrogens with one attached hydrogen (secondary N) is 1. The molecule has 2 atom stereocenters. The van der Waals surface area contributed by atoms with Gasteiger partial charge in [-0.2, -0.15) is 0 Å². The second-order valence-corrected chi connectivity index (χ2v) is 10.5. The van der Waals surface area contributed by atoms with Crippen LogP contribution in [0.5, 0.6) is 0 Å². The number of carboxylic acid groups (broad SMARTS) is 1. The van der Waals surface area contributed by atoms with E-state index in [-0.39, 0.29) is 51.8 Å². The number of carboxylic acids is 1. The number of oxime groups is 1. The number of nitrogens with zero attached hydrogens (tertiary/aromatic N) is 4. The van der Waals surface area contributed by atoms with Crippen molar-refractivity contribution < 1.29 is 53.9 Å². The predicted molar refractivity (Wildman–Crippen MR) is 132 cm³/mol. The number of nitrogen functional groups attached to an aromatic ring is 2. The summed E-state index contributed by atoms with van der Waals surface area (Å²) in [4.78, 5) is 52.3. The molecular formula is C20H20N7NaO5S3. The van der Waals surface area contributed by atoms with E-state index in [1.165, 1.54) is 36.0 Å². The van der Waals surface area contributed by atoms with Crippen LogP contribution in [0.1, 0.15) is 11.4 Å². The van der Waals surface area contributed by atoms with Gasteiger partial charge in [-0.3, -0.25) is 14.5 Å². The van der Waals surface area contributed by atoms with Gasteiger partial charge in [0.25, 0.3) is 11.8 Å². The van der Waals surface area contributed by atoms with Gasteiger partial charge in [-0.05, 0) is 18.6 Å². The number of amides is 2. The van der Waals surface area contributed by atoms with Gasteiger partial charge >= 0.3 is 29.6 Å². The molecule has 2 aliphatic heterocycles. The molecule has 0 unspecified atom stereocenters. The molecule has 2 aliphatic rings. The molecule has 0 radical (unpaired) electrons. The second-order valence-electron chi connectivity index (χ2n) is 7.27. The van der Waals surface area contributed by atoms with E-state index in [0.29, 0.717) is 28.6 Å². The van der Waals surface area contributed by atoms with E-state index in [2.05, 4.69) is 20.4 Å². The number of carbonyl (C=O) groups is 3. The minimum Gasteiger partial charge on any atom is -0.543 e. The van der Waals surface area contributed by atoms with Crippen LogP contribution in [0.15, 0.2) is 39.3 Å². The monoisotopic (exact) mass is 557 g/mol.